The predicted molar refractivity (Wildman–Crippen MR) is 137 cm³/mol. The van der Waals surface area contributed by atoms with Crippen LogP contribution in [0.1, 0.15) is 47.0 Å². The van der Waals surface area contributed by atoms with Crippen LogP contribution < -0.4 is 20.3 Å². The van der Waals surface area contributed by atoms with E-state index in [-0.39, 0.29) is 30.3 Å². The minimum Gasteiger partial charge on any atom is -0.497 e. The maximum atomic E-state index is 13.7. The third-order valence-electron chi connectivity index (χ3n) is 6.09. The summed E-state index contributed by atoms with van der Waals surface area (Å²) < 4.78 is 5.28. The smallest absolute Gasteiger partial charge is 0.261 e. The molecule has 0 spiro atoms. The third-order valence-corrected chi connectivity index (χ3v) is 6.96. The normalized spacial score (nSPS) is 14.2. The van der Waals surface area contributed by atoms with Gasteiger partial charge < -0.3 is 15.4 Å². The van der Waals surface area contributed by atoms with Crippen molar-refractivity contribution in [2.24, 2.45) is 0 Å². The van der Waals surface area contributed by atoms with Gasteiger partial charge in [0.05, 0.1) is 18.5 Å². The second-order valence-electron chi connectivity index (χ2n) is 8.42. The predicted octanol–water partition coefficient (Wildman–Crippen LogP) is 4.32. The van der Waals surface area contributed by atoms with E-state index in [4.69, 9.17) is 4.74 Å². The Bertz CT molecular complexity index is 1130. The number of hydrogen-bond donors (Lipinski definition) is 2. The van der Waals surface area contributed by atoms with Gasteiger partial charge in [0.1, 0.15) is 11.8 Å². The van der Waals surface area contributed by atoms with Gasteiger partial charge in [-0.2, -0.15) is 0 Å². The van der Waals surface area contributed by atoms with Crippen LogP contribution in [0.2, 0.25) is 0 Å². The van der Waals surface area contributed by atoms with Gasteiger partial charge in [0, 0.05) is 11.7 Å². The highest BCUT2D eigenvalue weighted by atomic mass is 32.1. The number of benzene rings is 2. The van der Waals surface area contributed by atoms with Crippen LogP contribution in [0.4, 0.5) is 5.69 Å². The van der Waals surface area contributed by atoms with Gasteiger partial charge in [-0.05, 0) is 54.1 Å². The average molecular weight is 492 g/mol. The molecule has 1 aliphatic rings. The van der Waals surface area contributed by atoms with Crippen LogP contribution in [0.5, 0.6) is 5.75 Å². The highest BCUT2D eigenvalue weighted by Gasteiger charge is 2.34. The molecule has 1 fully saturated rings. The number of carbonyl (C=O) groups excluding carboxylic acids is 3. The second-order valence-corrected chi connectivity index (χ2v) is 9.37. The van der Waals surface area contributed by atoms with Crippen LogP contribution in [0, 0.1) is 0 Å². The lowest BCUT2D eigenvalue weighted by Crippen LogP contribution is -2.49. The number of rotatable bonds is 9. The largest absolute Gasteiger partial charge is 0.497 e. The first kappa shape index (κ1) is 24.5. The standard InChI is InChI=1S/C27H29N3O4S/c1-34-22-15-13-19(14-16-22)25(27(33)29-20-8-5-6-9-20)30(21-10-3-2-4-11-21)24(31)18-28-26(32)23-12-7-17-35-23/h2-4,7,10-17,20,25H,5-6,8-9,18H2,1H3,(H,28,32)(H,29,33)/t25-/m1/s1. The molecule has 4 rings (SSSR count). The summed E-state index contributed by atoms with van der Waals surface area (Å²) in [4.78, 5) is 41.8. The van der Waals surface area contributed by atoms with Gasteiger partial charge in [0.2, 0.25) is 11.8 Å². The fourth-order valence-electron chi connectivity index (χ4n) is 4.32. The summed E-state index contributed by atoms with van der Waals surface area (Å²) in [6, 6.07) is 18.9. The lowest BCUT2D eigenvalue weighted by molar-refractivity contribution is -0.126. The zero-order valence-corrected chi connectivity index (χ0v) is 20.4. The van der Waals surface area contributed by atoms with Gasteiger partial charge in [-0.25, -0.2) is 0 Å². The van der Waals surface area contributed by atoms with Crippen LogP contribution in [0.25, 0.3) is 0 Å². The first-order valence-electron chi connectivity index (χ1n) is 11.7. The molecule has 3 amide bonds. The molecule has 0 radical (unpaired) electrons. The SMILES string of the molecule is COc1ccc([C@H](C(=O)NC2CCCC2)N(C(=O)CNC(=O)c2cccs2)c2ccccc2)cc1. The van der Waals surface area contributed by atoms with E-state index in [0.29, 0.717) is 21.9 Å². The molecule has 1 saturated carbocycles. The van der Waals surface area contributed by atoms with Crippen LogP contribution >= 0.6 is 11.3 Å². The van der Waals surface area contributed by atoms with Crippen LogP contribution in [-0.2, 0) is 9.59 Å². The molecule has 3 aromatic rings. The molecule has 0 unspecified atom stereocenters. The molecule has 0 bridgehead atoms. The van der Waals surface area contributed by atoms with Gasteiger partial charge in [-0.1, -0.05) is 49.2 Å². The Balaban J connectivity index is 1.66. The van der Waals surface area contributed by atoms with Crippen molar-refractivity contribution in [3.8, 4) is 5.75 Å². The Morgan fingerprint density at radius 2 is 1.71 bits per heavy atom. The Hall–Kier alpha value is -3.65. The molecule has 1 aliphatic carbocycles. The number of ether oxygens (including phenoxy) is 1. The fraction of sp³-hybridized carbons (Fsp3) is 0.296. The molecule has 2 aromatic carbocycles. The molecular formula is C27H29N3O4S. The molecule has 182 valence electrons. The number of hydrogen-bond acceptors (Lipinski definition) is 5. The molecule has 0 saturated heterocycles. The first-order valence-corrected chi connectivity index (χ1v) is 12.6. The molecule has 7 nitrogen and oxygen atoms in total. The highest BCUT2D eigenvalue weighted by molar-refractivity contribution is 7.12. The summed E-state index contributed by atoms with van der Waals surface area (Å²) in [6.07, 6.45) is 4.01. The summed E-state index contributed by atoms with van der Waals surface area (Å²) in [6.45, 7) is -0.241. The van der Waals surface area contributed by atoms with Gasteiger partial charge in [0.15, 0.2) is 0 Å². The highest BCUT2D eigenvalue weighted by Crippen LogP contribution is 2.30. The number of nitrogens with zero attached hydrogens (tertiary/aromatic N) is 1. The Kier molecular flexibility index (Phi) is 8.15. The summed E-state index contributed by atoms with van der Waals surface area (Å²) in [5.41, 5.74) is 1.23. The minimum atomic E-state index is -0.907. The molecule has 1 atom stereocenters. The number of nitrogens with one attached hydrogen (secondary N) is 2. The average Bonchev–Trinajstić information content (AvgIpc) is 3.61. The maximum absolute atomic E-state index is 13.7. The van der Waals surface area contributed by atoms with E-state index in [2.05, 4.69) is 10.6 Å². The quantitative estimate of drug-likeness (QED) is 0.467. The summed E-state index contributed by atoms with van der Waals surface area (Å²) in [7, 11) is 1.58. The van der Waals surface area contributed by atoms with Crippen molar-refractivity contribution < 1.29 is 19.1 Å². The minimum absolute atomic E-state index is 0.0921. The van der Waals surface area contributed by atoms with Crippen molar-refractivity contribution in [3.05, 3.63) is 82.6 Å². The molecular weight excluding hydrogens is 462 g/mol. The van der Waals surface area contributed by atoms with Crippen molar-refractivity contribution >= 4 is 34.7 Å². The van der Waals surface area contributed by atoms with Gasteiger partial charge >= 0.3 is 0 Å². The second kappa shape index (κ2) is 11.7. The zero-order valence-electron chi connectivity index (χ0n) is 19.6. The van der Waals surface area contributed by atoms with E-state index in [1.165, 1.54) is 16.2 Å². The lowest BCUT2D eigenvalue weighted by atomic mass is 10.0. The summed E-state index contributed by atoms with van der Waals surface area (Å²) in [5.74, 6) is -0.297. The molecule has 0 aliphatic heterocycles. The number of para-hydroxylation sites is 1. The van der Waals surface area contributed by atoms with Crippen molar-refractivity contribution in [3.63, 3.8) is 0 Å². The van der Waals surface area contributed by atoms with E-state index in [1.807, 2.05) is 18.2 Å². The van der Waals surface area contributed by atoms with E-state index in [9.17, 15) is 14.4 Å². The number of carbonyl (C=O) groups is 3. The zero-order chi connectivity index (χ0) is 24.6. The number of methoxy groups -OCH3 is 1. The van der Waals surface area contributed by atoms with Crippen LogP contribution in [0.3, 0.4) is 0 Å². The molecule has 1 heterocycles. The van der Waals surface area contributed by atoms with E-state index in [1.54, 1.807) is 61.0 Å². The van der Waals surface area contributed by atoms with Crippen molar-refractivity contribution in [1.29, 1.82) is 0 Å². The Morgan fingerprint density at radius 3 is 2.34 bits per heavy atom. The number of amides is 3. The lowest BCUT2D eigenvalue weighted by Gasteiger charge is -2.32. The molecule has 35 heavy (non-hydrogen) atoms. The Labute approximate surface area is 209 Å². The van der Waals surface area contributed by atoms with Crippen molar-refractivity contribution in [1.82, 2.24) is 10.6 Å². The van der Waals surface area contributed by atoms with Crippen molar-refractivity contribution in [2.45, 2.75) is 37.8 Å². The van der Waals surface area contributed by atoms with E-state index >= 15 is 0 Å². The van der Waals surface area contributed by atoms with E-state index in [0.717, 1.165) is 25.7 Å². The number of anilines is 1. The first-order chi connectivity index (χ1) is 17.1. The third kappa shape index (κ3) is 6.08. The van der Waals surface area contributed by atoms with Crippen LogP contribution in [0.15, 0.2) is 72.1 Å². The topological polar surface area (TPSA) is 87.7 Å². The molecule has 2 N–H and O–H groups in total. The Morgan fingerprint density at radius 1 is 1.00 bits per heavy atom. The summed E-state index contributed by atoms with van der Waals surface area (Å²) >= 11 is 1.30. The van der Waals surface area contributed by atoms with Crippen molar-refractivity contribution in [2.75, 3.05) is 18.6 Å². The monoisotopic (exact) mass is 491 g/mol. The molecule has 1 aromatic heterocycles. The van der Waals surface area contributed by atoms with Gasteiger partial charge in [-0.3, -0.25) is 19.3 Å². The van der Waals surface area contributed by atoms with Crippen LogP contribution in [-0.4, -0.2) is 37.4 Å². The van der Waals surface area contributed by atoms with E-state index < -0.39 is 6.04 Å². The van der Waals surface area contributed by atoms with Gasteiger partial charge in [-0.15, -0.1) is 11.3 Å². The molecule has 8 heteroatoms. The fourth-order valence-corrected chi connectivity index (χ4v) is 4.96. The maximum Gasteiger partial charge on any atom is 0.261 e. The summed E-state index contributed by atoms with van der Waals surface area (Å²) in [5, 5.41) is 7.65. The van der Waals surface area contributed by atoms with Gasteiger partial charge in [0.25, 0.3) is 5.91 Å². The number of thiophene rings is 1.